The molecule has 1 heteroatoms. The Morgan fingerprint density at radius 2 is 0.766 bits per heavy atom. The highest BCUT2D eigenvalue weighted by atomic mass is 15.1. The third kappa shape index (κ3) is 6.01. The lowest BCUT2D eigenvalue weighted by Gasteiger charge is -2.34. The van der Waals surface area contributed by atoms with E-state index in [2.05, 4.69) is 266 Å². The van der Waals surface area contributed by atoms with Crippen LogP contribution in [0.2, 0.25) is 0 Å². The fourth-order valence-corrected chi connectivity index (χ4v) is 10.6. The monoisotopic (exact) mass is 813 g/mol. The van der Waals surface area contributed by atoms with Gasteiger partial charge in [-0.1, -0.05) is 231 Å². The Kier molecular flexibility index (Phi) is 9.13. The van der Waals surface area contributed by atoms with E-state index in [4.69, 9.17) is 0 Å². The summed E-state index contributed by atoms with van der Waals surface area (Å²) in [5.74, 6) is 0. The second-order valence-corrected chi connectivity index (χ2v) is 16.8. The molecule has 64 heavy (non-hydrogen) atoms. The summed E-state index contributed by atoms with van der Waals surface area (Å²) in [6.07, 6.45) is 0. The molecule has 0 saturated carbocycles. The molecule has 0 aliphatic heterocycles. The van der Waals surface area contributed by atoms with Crippen molar-refractivity contribution in [3.63, 3.8) is 0 Å². The summed E-state index contributed by atoms with van der Waals surface area (Å²) in [5, 5.41) is 4.90. The van der Waals surface area contributed by atoms with Gasteiger partial charge in [-0.25, -0.2) is 0 Å². The molecule has 0 heterocycles. The first kappa shape index (κ1) is 37.5. The summed E-state index contributed by atoms with van der Waals surface area (Å²) in [6, 6.07) is 96.0. The van der Waals surface area contributed by atoms with Gasteiger partial charge in [0, 0.05) is 16.8 Å². The molecule has 11 aromatic rings. The van der Waals surface area contributed by atoms with E-state index in [1.807, 2.05) is 0 Å². The maximum Gasteiger partial charge on any atom is 0.0714 e. The smallest absolute Gasteiger partial charge is 0.0714 e. The summed E-state index contributed by atoms with van der Waals surface area (Å²) >= 11 is 0. The number of hydrogen-bond acceptors (Lipinski definition) is 1. The van der Waals surface area contributed by atoms with Crippen molar-refractivity contribution in [2.24, 2.45) is 0 Å². The van der Waals surface area contributed by atoms with Crippen molar-refractivity contribution in [2.75, 3.05) is 4.90 Å². The van der Waals surface area contributed by atoms with Crippen molar-refractivity contribution in [1.29, 1.82) is 0 Å². The predicted molar refractivity (Wildman–Crippen MR) is 270 cm³/mol. The number of fused-ring (bicyclic) bond motifs is 5. The van der Waals surface area contributed by atoms with Crippen molar-refractivity contribution in [2.45, 2.75) is 5.41 Å². The SMILES string of the molecule is c1ccc(-c2ccc(N(c3ccc(-c4cccc5ccccc45)cc3-c3cccc4ccccc34)c3cccc4c3-c3ccccc3C4(c3ccccc3)c3ccccc3)cc2)cc1. The first-order chi connectivity index (χ1) is 31.8. The van der Waals surface area contributed by atoms with Gasteiger partial charge in [-0.15, -0.1) is 0 Å². The molecular weight excluding hydrogens is 771 g/mol. The molecule has 300 valence electrons. The molecule has 0 amide bonds. The minimum absolute atomic E-state index is 0.538. The van der Waals surface area contributed by atoms with Gasteiger partial charge in [0.25, 0.3) is 0 Å². The topological polar surface area (TPSA) is 3.24 Å². The Hall–Kier alpha value is -8.26. The van der Waals surface area contributed by atoms with Crippen LogP contribution in [0, 0.1) is 0 Å². The molecule has 0 saturated heterocycles. The summed E-state index contributed by atoms with van der Waals surface area (Å²) in [4.78, 5) is 2.53. The largest absolute Gasteiger partial charge is 0.309 e. The van der Waals surface area contributed by atoms with Crippen molar-refractivity contribution >= 4 is 38.6 Å². The lowest BCUT2D eigenvalue weighted by atomic mass is 9.68. The van der Waals surface area contributed by atoms with Gasteiger partial charge in [0.05, 0.1) is 16.8 Å². The Labute approximate surface area is 374 Å². The van der Waals surface area contributed by atoms with Gasteiger partial charge in [-0.05, 0) is 108 Å². The lowest BCUT2D eigenvalue weighted by Crippen LogP contribution is -2.28. The van der Waals surface area contributed by atoms with Crippen molar-refractivity contribution in [1.82, 2.24) is 0 Å². The maximum absolute atomic E-state index is 2.53. The normalized spacial score (nSPS) is 12.5. The highest BCUT2D eigenvalue weighted by Gasteiger charge is 2.47. The Morgan fingerprint density at radius 3 is 1.45 bits per heavy atom. The van der Waals surface area contributed by atoms with Gasteiger partial charge in [-0.3, -0.25) is 0 Å². The molecule has 0 atom stereocenters. The highest BCUT2D eigenvalue weighted by Crippen LogP contribution is 2.60. The molecule has 1 aliphatic rings. The minimum Gasteiger partial charge on any atom is -0.309 e. The van der Waals surface area contributed by atoms with Crippen LogP contribution in [0.3, 0.4) is 0 Å². The first-order valence-corrected chi connectivity index (χ1v) is 22.2. The third-order valence-corrected chi connectivity index (χ3v) is 13.4. The first-order valence-electron chi connectivity index (χ1n) is 22.2. The Bertz CT molecular complexity index is 3430. The van der Waals surface area contributed by atoms with Gasteiger partial charge >= 0.3 is 0 Å². The zero-order valence-corrected chi connectivity index (χ0v) is 35.3. The third-order valence-electron chi connectivity index (χ3n) is 13.4. The summed E-state index contributed by atoms with van der Waals surface area (Å²) < 4.78 is 0. The molecule has 12 rings (SSSR count). The molecule has 0 bridgehead atoms. The van der Waals surface area contributed by atoms with E-state index >= 15 is 0 Å². The van der Waals surface area contributed by atoms with Crippen LogP contribution in [-0.2, 0) is 5.41 Å². The van der Waals surface area contributed by atoms with Crippen molar-refractivity contribution in [3.05, 3.63) is 283 Å². The van der Waals surface area contributed by atoms with Crippen molar-refractivity contribution in [3.8, 4) is 44.5 Å². The van der Waals surface area contributed by atoms with Crippen LogP contribution in [0.25, 0.3) is 66.1 Å². The highest BCUT2D eigenvalue weighted by molar-refractivity contribution is 6.06. The number of hydrogen-bond donors (Lipinski definition) is 0. The number of rotatable bonds is 8. The van der Waals surface area contributed by atoms with Crippen LogP contribution in [0.15, 0.2) is 261 Å². The van der Waals surface area contributed by atoms with Gasteiger partial charge in [0.1, 0.15) is 0 Å². The Morgan fingerprint density at radius 1 is 0.281 bits per heavy atom. The molecule has 1 aliphatic carbocycles. The fraction of sp³-hybridized carbons (Fsp3) is 0.0159. The molecule has 1 nitrogen and oxygen atoms in total. The van der Waals surface area contributed by atoms with E-state index in [0.29, 0.717) is 0 Å². The van der Waals surface area contributed by atoms with Crippen LogP contribution < -0.4 is 4.90 Å². The number of anilines is 3. The van der Waals surface area contributed by atoms with E-state index < -0.39 is 5.41 Å². The molecule has 0 radical (unpaired) electrons. The molecular formula is C63H43N. The molecule has 0 aromatic heterocycles. The van der Waals surface area contributed by atoms with Crippen LogP contribution in [0.4, 0.5) is 17.1 Å². The van der Waals surface area contributed by atoms with E-state index in [-0.39, 0.29) is 0 Å². The second-order valence-electron chi connectivity index (χ2n) is 16.8. The van der Waals surface area contributed by atoms with Crippen LogP contribution in [0.1, 0.15) is 22.3 Å². The molecule has 0 fully saturated rings. The van der Waals surface area contributed by atoms with Crippen molar-refractivity contribution < 1.29 is 0 Å². The van der Waals surface area contributed by atoms with E-state index in [1.165, 1.54) is 82.7 Å². The van der Waals surface area contributed by atoms with Crippen LogP contribution in [0.5, 0.6) is 0 Å². The van der Waals surface area contributed by atoms with Gasteiger partial charge in [0.2, 0.25) is 0 Å². The Balaban J connectivity index is 1.18. The van der Waals surface area contributed by atoms with Crippen LogP contribution >= 0.6 is 0 Å². The average molecular weight is 814 g/mol. The van der Waals surface area contributed by atoms with Gasteiger partial charge in [-0.2, -0.15) is 0 Å². The van der Waals surface area contributed by atoms with Crippen LogP contribution in [-0.4, -0.2) is 0 Å². The standard InChI is InChI=1S/C63H43N/c1-4-19-44(20-5-1)45-37-40-51(41-38-45)64(61-36-18-35-59-62(61)56-31-14-15-34-58(56)63(59,49-25-6-2-7-26-49)50-27-8-3-9-28-50)60-42-39-48(54-32-16-23-46-21-10-12-29-52(46)54)43-57(60)55-33-17-24-47-22-11-13-30-53(47)55/h1-43H. The number of benzene rings is 11. The summed E-state index contributed by atoms with van der Waals surface area (Å²) in [6.45, 7) is 0. The molecule has 0 spiro atoms. The minimum atomic E-state index is -0.538. The summed E-state index contributed by atoms with van der Waals surface area (Å²) in [5.41, 5.74) is 17.4. The quantitative estimate of drug-likeness (QED) is 0.148. The zero-order valence-electron chi connectivity index (χ0n) is 35.3. The van der Waals surface area contributed by atoms with E-state index in [9.17, 15) is 0 Å². The summed E-state index contributed by atoms with van der Waals surface area (Å²) in [7, 11) is 0. The van der Waals surface area contributed by atoms with Gasteiger partial charge in [0.15, 0.2) is 0 Å². The average Bonchev–Trinajstić information content (AvgIpc) is 3.69. The van der Waals surface area contributed by atoms with Gasteiger partial charge < -0.3 is 4.90 Å². The molecule has 0 N–H and O–H groups in total. The molecule has 0 unspecified atom stereocenters. The lowest BCUT2D eigenvalue weighted by molar-refractivity contribution is 0.768. The second kappa shape index (κ2) is 15.6. The fourth-order valence-electron chi connectivity index (χ4n) is 10.6. The van der Waals surface area contributed by atoms with E-state index in [1.54, 1.807) is 0 Å². The molecule has 11 aromatic carbocycles. The predicted octanol–water partition coefficient (Wildman–Crippen LogP) is 16.8. The zero-order chi connectivity index (χ0) is 42.5. The number of nitrogens with zero attached hydrogens (tertiary/aromatic N) is 1. The maximum atomic E-state index is 2.53. The van der Waals surface area contributed by atoms with E-state index in [0.717, 1.165) is 22.6 Å².